The third-order valence-corrected chi connectivity index (χ3v) is 13.2. The Morgan fingerprint density at radius 3 is 2.38 bits per heavy atom. The molecule has 12 heteroatoms. The van der Waals surface area contributed by atoms with E-state index in [0.29, 0.717) is 51.5 Å². The Bertz CT molecular complexity index is 1400. The van der Waals surface area contributed by atoms with Crippen LogP contribution in [0.5, 0.6) is 0 Å². The number of fused-ring (bicyclic) bond motifs is 3. The quantitative estimate of drug-likeness (QED) is 0.183. The molecule has 0 aromatic rings. The first-order valence-electron chi connectivity index (χ1n) is 21.0. The van der Waals surface area contributed by atoms with Gasteiger partial charge < -0.3 is 44.6 Å². The molecule has 56 heavy (non-hydrogen) atoms. The van der Waals surface area contributed by atoms with Crippen LogP contribution in [0.1, 0.15) is 105 Å². The van der Waals surface area contributed by atoms with Gasteiger partial charge >= 0.3 is 0 Å². The number of methoxy groups -OCH3 is 1. The normalized spacial score (nSPS) is 41.6. The lowest BCUT2D eigenvalue weighted by Crippen LogP contribution is -2.63. The Hall–Kier alpha value is -2.29. The van der Waals surface area contributed by atoms with Crippen molar-refractivity contribution in [1.29, 1.82) is 0 Å². The molecule has 1 amide bonds. The number of allylic oxidation sites excluding steroid dienone is 4. The number of piperidine rings is 1. The Morgan fingerprint density at radius 2 is 1.71 bits per heavy atom. The predicted molar refractivity (Wildman–Crippen MR) is 212 cm³/mol. The molecular weight excluding hydrogens is 718 g/mol. The third-order valence-electron chi connectivity index (χ3n) is 13.2. The standard InChI is InChI=1S/C44H71NO11/c1-8-11-32-17-26(2)16-27(3)18-39(54-7)41-34(24-47)20-29(5)44(53,56-41)42(51)43(52)45-15-10-9-12-35(45)25-55-40(30(6)37(49)22-38(32)50)28(4)19-31-13-14-36(48)33(21-31)23-46/h8,17,19,27,29-37,39-41,46-49,53H,1,9-16,18,20-25H2,2-7H3/b26-17+,28-19+/t27-,29+,30+,31-,32+,33-,34+,35-,36+,37-,39-,40?,41-,44+/m0/s1. The molecule has 12 nitrogen and oxygen atoms in total. The van der Waals surface area contributed by atoms with Crippen molar-refractivity contribution in [1.82, 2.24) is 4.90 Å². The van der Waals surface area contributed by atoms with Gasteiger partial charge in [-0.2, -0.15) is 0 Å². The van der Waals surface area contributed by atoms with Crippen LogP contribution in [0.2, 0.25) is 0 Å². The van der Waals surface area contributed by atoms with Crippen LogP contribution in [-0.2, 0) is 28.6 Å². The summed E-state index contributed by atoms with van der Waals surface area (Å²) in [5.41, 5.74) is 1.82. The molecule has 3 aliphatic heterocycles. The van der Waals surface area contributed by atoms with Gasteiger partial charge in [-0.3, -0.25) is 14.4 Å². The summed E-state index contributed by atoms with van der Waals surface area (Å²) in [6.07, 6.45) is 7.58. The zero-order chi connectivity index (χ0) is 41.3. The van der Waals surface area contributed by atoms with Crippen molar-refractivity contribution < 1.29 is 54.1 Å². The Balaban J connectivity index is 1.74. The molecule has 14 atom stereocenters. The second-order valence-electron chi connectivity index (χ2n) is 17.6. The minimum atomic E-state index is -2.43. The number of rotatable bonds is 7. The molecule has 0 radical (unpaired) electrons. The van der Waals surface area contributed by atoms with Gasteiger partial charge in [-0.15, -0.1) is 6.58 Å². The van der Waals surface area contributed by atoms with Gasteiger partial charge in [0.05, 0.1) is 43.2 Å². The second-order valence-corrected chi connectivity index (χ2v) is 17.6. The molecule has 0 spiro atoms. The average Bonchev–Trinajstić information content (AvgIpc) is 3.17. The maximum atomic E-state index is 14.2. The number of hydrogen-bond acceptors (Lipinski definition) is 11. The van der Waals surface area contributed by atoms with E-state index >= 15 is 0 Å². The number of aliphatic hydroxyl groups excluding tert-OH is 4. The van der Waals surface area contributed by atoms with Crippen LogP contribution >= 0.6 is 0 Å². The Kier molecular flexibility index (Phi) is 17.5. The Morgan fingerprint density at radius 1 is 1.00 bits per heavy atom. The van der Waals surface area contributed by atoms with E-state index in [0.717, 1.165) is 24.0 Å². The summed E-state index contributed by atoms with van der Waals surface area (Å²) in [5.74, 6) is -6.83. The van der Waals surface area contributed by atoms with Crippen LogP contribution in [0.15, 0.2) is 36.0 Å². The fraction of sp³-hybridized carbons (Fsp3) is 0.795. The lowest BCUT2D eigenvalue weighted by Gasteiger charge is -2.47. The lowest BCUT2D eigenvalue weighted by molar-refractivity contribution is -0.294. The molecule has 2 saturated heterocycles. The number of ether oxygens (including phenoxy) is 3. The molecule has 3 heterocycles. The van der Waals surface area contributed by atoms with E-state index < -0.39 is 77.7 Å². The highest BCUT2D eigenvalue weighted by Gasteiger charge is 2.56. The maximum absolute atomic E-state index is 14.2. The van der Waals surface area contributed by atoms with E-state index in [1.165, 1.54) is 12.0 Å². The van der Waals surface area contributed by atoms with Crippen LogP contribution in [0.4, 0.5) is 0 Å². The first-order chi connectivity index (χ1) is 26.6. The molecule has 1 unspecified atom stereocenters. The van der Waals surface area contributed by atoms with Crippen LogP contribution in [0.25, 0.3) is 0 Å². The first kappa shape index (κ1) is 46.4. The summed E-state index contributed by atoms with van der Waals surface area (Å²) in [7, 11) is 1.53. The fourth-order valence-electron chi connectivity index (χ4n) is 9.76. The van der Waals surface area contributed by atoms with Crippen molar-refractivity contribution in [3.05, 3.63) is 36.0 Å². The topological polar surface area (TPSA) is 183 Å². The summed E-state index contributed by atoms with van der Waals surface area (Å²) in [6, 6.07) is -0.500. The van der Waals surface area contributed by atoms with Gasteiger partial charge in [0.15, 0.2) is 0 Å². The van der Waals surface area contributed by atoms with Gasteiger partial charge in [-0.1, -0.05) is 44.6 Å². The van der Waals surface area contributed by atoms with Gasteiger partial charge in [0.2, 0.25) is 5.79 Å². The molecule has 0 aromatic heterocycles. The highest BCUT2D eigenvalue weighted by molar-refractivity contribution is 6.38. The molecule has 0 aromatic carbocycles. The van der Waals surface area contributed by atoms with Gasteiger partial charge in [-0.05, 0) is 95.5 Å². The summed E-state index contributed by atoms with van der Waals surface area (Å²) in [5, 5.41) is 54.4. The van der Waals surface area contributed by atoms with Gasteiger partial charge in [0.1, 0.15) is 5.78 Å². The SMILES string of the molecule is C=CC[C@@H]1/C=C(\C)C[C@H](C)C[C@H](OC)[C@H]2O[C@@](O)(C(=O)C(=O)N3CCCC[C@H]3COC(/C(C)=C/[C@@H]3CC[C@@H](O)[C@H](CO)C3)[C@H](C)[C@@H](O)CC1=O)[C@H](C)C[C@@H]2CO. The average molecular weight is 790 g/mol. The minimum Gasteiger partial charge on any atom is -0.396 e. The Labute approximate surface area is 334 Å². The monoisotopic (exact) mass is 790 g/mol. The molecule has 1 aliphatic carbocycles. The van der Waals surface area contributed by atoms with E-state index in [-0.39, 0.29) is 56.2 Å². The van der Waals surface area contributed by atoms with E-state index in [4.69, 9.17) is 14.2 Å². The van der Waals surface area contributed by atoms with Crippen LogP contribution in [0, 0.1) is 41.4 Å². The van der Waals surface area contributed by atoms with Crippen molar-refractivity contribution in [3.63, 3.8) is 0 Å². The summed E-state index contributed by atoms with van der Waals surface area (Å²) in [4.78, 5) is 43.8. The number of Topliss-reactive ketones (excluding diaryl/α,β-unsaturated/α-hetero) is 2. The number of carbonyl (C=O) groups is 3. The van der Waals surface area contributed by atoms with Crippen molar-refractivity contribution >= 4 is 17.5 Å². The van der Waals surface area contributed by atoms with Crippen molar-refractivity contribution in [2.45, 2.75) is 148 Å². The van der Waals surface area contributed by atoms with Crippen molar-refractivity contribution in [2.24, 2.45) is 41.4 Å². The highest BCUT2D eigenvalue weighted by Crippen LogP contribution is 2.41. The van der Waals surface area contributed by atoms with Gasteiger partial charge in [-0.25, -0.2) is 0 Å². The molecule has 3 fully saturated rings. The van der Waals surface area contributed by atoms with Gasteiger partial charge in [0.25, 0.3) is 11.7 Å². The fourth-order valence-corrected chi connectivity index (χ4v) is 9.76. The minimum absolute atomic E-state index is 0.0185. The maximum Gasteiger partial charge on any atom is 0.296 e. The van der Waals surface area contributed by atoms with Crippen LogP contribution in [-0.4, -0.2) is 124 Å². The molecule has 2 bridgehead atoms. The molecule has 318 valence electrons. The number of hydrogen-bond donors (Lipinski definition) is 5. The van der Waals surface area contributed by atoms with E-state index in [9.17, 15) is 39.9 Å². The number of carbonyl (C=O) groups excluding carboxylic acids is 3. The largest absolute Gasteiger partial charge is 0.396 e. The highest BCUT2D eigenvalue weighted by atomic mass is 16.7. The molecular formula is C44H71NO11. The first-order valence-corrected chi connectivity index (χ1v) is 21.0. The van der Waals surface area contributed by atoms with Crippen LogP contribution in [0.3, 0.4) is 0 Å². The number of ketones is 2. The zero-order valence-electron chi connectivity index (χ0n) is 34.7. The summed E-state index contributed by atoms with van der Waals surface area (Å²) < 4.78 is 18.8. The molecule has 1 saturated carbocycles. The van der Waals surface area contributed by atoms with Crippen LogP contribution < -0.4 is 0 Å². The third kappa shape index (κ3) is 11.3. The number of amides is 1. The van der Waals surface area contributed by atoms with Gasteiger partial charge in [0, 0.05) is 62.9 Å². The van der Waals surface area contributed by atoms with E-state index in [1.54, 1.807) is 13.0 Å². The summed E-state index contributed by atoms with van der Waals surface area (Å²) >= 11 is 0. The van der Waals surface area contributed by atoms with E-state index in [1.807, 2.05) is 33.8 Å². The van der Waals surface area contributed by atoms with Crippen molar-refractivity contribution in [2.75, 3.05) is 33.5 Å². The summed E-state index contributed by atoms with van der Waals surface area (Å²) in [6.45, 7) is 13.3. The lowest BCUT2D eigenvalue weighted by atomic mass is 9.78. The van der Waals surface area contributed by atoms with E-state index in [2.05, 4.69) is 12.7 Å². The number of aliphatic hydroxyl groups is 5. The number of nitrogens with zero attached hydrogens (tertiary/aromatic N) is 1. The zero-order valence-corrected chi connectivity index (χ0v) is 34.7. The smallest absolute Gasteiger partial charge is 0.296 e. The molecule has 4 rings (SSSR count). The molecule has 4 aliphatic rings. The predicted octanol–water partition coefficient (Wildman–Crippen LogP) is 4.30. The second kappa shape index (κ2) is 21.1. The molecule has 5 N–H and O–H groups in total. The van der Waals surface area contributed by atoms with Crippen molar-refractivity contribution in [3.8, 4) is 0 Å².